The number of likely N-dealkylation sites (N-methyl/N-ethyl adjacent to an activating group) is 1. The van der Waals surface area contributed by atoms with Gasteiger partial charge >= 0.3 is 0 Å². The SMILES string of the molecule is CCC(Cc1cccc(F)c1Cl)NC. The Morgan fingerprint density at radius 3 is 2.79 bits per heavy atom. The van der Waals surface area contributed by atoms with E-state index in [1.54, 1.807) is 6.07 Å². The van der Waals surface area contributed by atoms with E-state index in [0.717, 1.165) is 18.4 Å². The highest BCUT2D eigenvalue weighted by atomic mass is 35.5. The van der Waals surface area contributed by atoms with Crippen molar-refractivity contribution in [1.82, 2.24) is 5.32 Å². The van der Waals surface area contributed by atoms with Crippen LogP contribution in [-0.2, 0) is 6.42 Å². The van der Waals surface area contributed by atoms with Gasteiger partial charge in [0.1, 0.15) is 5.82 Å². The first-order chi connectivity index (χ1) is 6.69. The Morgan fingerprint density at radius 1 is 1.50 bits per heavy atom. The average molecular weight is 216 g/mol. The molecule has 0 bridgehead atoms. The van der Waals surface area contributed by atoms with Gasteiger partial charge in [-0.15, -0.1) is 0 Å². The maximum Gasteiger partial charge on any atom is 0.142 e. The zero-order valence-electron chi connectivity index (χ0n) is 8.48. The molecule has 78 valence electrons. The van der Waals surface area contributed by atoms with Crippen LogP contribution in [0.5, 0.6) is 0 Å². The number of hydrogen-bond acceptors (Lipinski definition) is 1. The molecule has 14 heavy (non-hydrogen) atoms. The van der Waals surface area contributed by atoms with Crippen LogP contribution < -0.4 is 5.32 Å². The van der Waals surface area contributed by atoms with E-state index < -0.39 is 0 Å². The lowest BCUT2D eigenvalue weighted by Gasteiger charge is -2.14. The van der Waals surface area contributed by atoms with Crippen LogP contribution in [0.15, 0.2) is 18.2 Å². The fourth-order valence-electron chi connectivity index (χ4n) is 1.42. The fraction of sp³-hybridized carbons (Fsp3) is 0.455. The van der Waals surface area contributed by atoms with Crippen molar-refractivity contribution >= 4 is 11.6 Å². The molecule has 1 aromatic rings. The first-order valence-electron chi connectivity index (χ1n) is 4.79. The van der Waals surface area contributed by atoms with E-state index in [1.807, 2.05) is 13.1 Å². The summed E-state index contributed by atoms with van der Waals surface area (Å²) in [6.07, 6.45) is 1.77. The quantitative estimate of drug-likeness (QED) is 0.814. The molecule has 1 N–H and O–H groups in total. The highest BCUT2D eigenvalue weighted by Gasteiger charge is 2.09. The molecule has 0 spiro atoms. The Balaban J connectivity index is 2.80. The predicted octanol–water partition coefficient (Wildman–Crippen LogP) is 3.02. The Morgan fingerprint density at radius 2 is 2.21 bits per heavy atom. The minimum Gasteiger partial charge on any atom is -0.317 e. The number of halogens is 2. The van der Waals surface area contributed by atoms with Crippen molar-refractivity contribution < 1.29 is 4.39 Å². The molecule has 0 fully saturated rings. The number of rotatable bonds is 4. The first kappa shape index (κ1) is 11.5. The van der Waals surface area contributed by atoms with E-state index in [2.05, 4.69) is 12.2 Å². The van der Waals surface area contributed by atoms with E-state index in [4.69, 9.17) is 11.6 Å². The molecule has 0 heterocycles. The third kappa shape index (κ3) is 2.69. The fourth-order valence-corrected chi connectivity index (χ4v) is 1.63. The summed E-state index contributed by atoms with van der Waals surface area (Å²) >= 11 is 5.85. The molecule has 0 aliphatic carbocycles. The number of hydrogen-bond donors (Lipinski definition) is 1. The third-order valence-corrected chi connectivity index (χ3v) is 2.82. The molecule has 0 saturated heterocycles. The molecule has 0 radical (unpaired) electrons. The molecule has 1 unspecified atom stereocenters. The Bertz CT molecular complexity index is 297. The van der Waals surface area contributed by atoms with Gasteiger partial charge in [-0.25, -0.2) is 4.39 Å². The Labute approximate surface area is 89.3 Å². The van der Waals surface area contributed by atoms with E-state index >= 15 is 0 Å². The van der Waals surface area contributed by atoms with Gasteiger partial charge in [-0.2, -0.15) is 0 Å². The zero-order valence-corrected chi connectivity index (χ0v) is 9.24. The van der Waals surface area contributed by atoms with Crippen LogP contribution in [0.4, 0.5) is 4.39 Å². The van der Waals surface area contributed by atoms with Crippen LogP contribution in [0.2, 0.25) is 5.02 Å². The first-order valence-corrected chi connectivity index (χ1v) is 5.17. The molecular weight excluding hydrogens is 201 g/mol. The number of benzene rings is 1. The average Bonchev–Trinajstić information content (AvgIpc) is 2.20. The Kier molecular flexibility index (Phi) is 4.36. The molecule has 0 aliphatic rings. The summed E-state index contributed by atoms with van der Waals surface area (Å²) in [5.74, 6) is -0.338. The smallest absolute Gasteiger partial charge is 0.142 e. The van der Waals surface area contributed by atoms with E-state index in [0.29, 0.717) is 6.04 Å². The topological polar surface area (TPSA) is 12.0 Å². The normalized spacial score (nSPS) is 12.9. The minimum absolute atomic E-state index is 0.251. The number of nitrogens with one attached hydrogen (secondary N) is 1. The monoisotopic (exact) mass is 215 g/mol. The van der Waals surface area contributed by atoms with Crippen molar-refractivity contribution in [2.75, 3.05) is 7.05 Å². The summed E-state index contributed by atoms with van der Waals surface area (Å²) in [7, 11) is 1.90. The molecule has 1 atom stereocenters. The molecule has 3 heteroatoms. The van der Waals surface area contributed by atoms with Gasteiger partial charge in [0.15, 0.2) is 0 Å². The molecule has 1 rings (SSSR count). The van der Waals surface area contributed by atoms with Crippen LogP contribution >= 0.6 is 11.6 Å². The van der Waals surface area contributed by atoms with E-state index in [1.165, 1.54) is 6.07 Å². The lowest BCUT2D eigenvalue weighted by atomic mass is 10.0. The van der Waals surface area contributed by atoms with Crippen molar-refractivity contribution in [2.45, 2.75) is 25.8 Å². The van der Waals surface area contributed by atoms with Gasteiger partial charge in [0.25, 0.3) is 0 Å². The molecule has 0 amide bonds. The summed E-state index contributed by atoms with van der Waals surface area (Å²) < 4.78 is 13.1. The van der Waals surface area contributed by atoms with Crippen molar-refractivity contribution in [3.63, 3.8) is 0 Å². The second kappa shape index (κ2) is 5.32. The highest BCUT2D eigenvalue weighted by molar-refractivity contribution is 6.31. The second-order valence-electron chi connectivity index (χ2n) is 3.31. The lowest BCUT2D eigenvalue weighted by molar-refractivity contribution is 0.540. The van der Waals surface area contributed by atoms with Crippen LogP contribution in [0.25, 0.3) is 0 Å². The van der Waals surface area contributed by atoms with E-state index in [9.17, 15) is 4.39 Å². The molecule has 1 nitrogen and oxygen atoms in total. The largest absolute Gasteiger partial charge is 0.317 e. The van der Waals surface area contributed by atoms with Crippen LogP contribution in [0.3, 0.4) is 0 Å². The van der Waals surface area contributed by atoms with Crippen LogP contribution in [-0.4, -0.2) is 13.1 Å². The zero-order chi connectivity index (χ0) is 10.6. The van der Waals surface area contributed by atoms with Crippen molar-refractivity contribution in [3.8, 4) is 0 Å². The van der Waals surface area contributed by atoms with Crippen molar-refractivity contribution in [3.05, 3.63) is 34.6 Å². The molecule has 1 aromatic carbocycles. The van der Waals surface area contributed by atoms with Gasteiger partial charge in [-0.1, -0.05) is 30.7 Å². The van der Waals surface area contributed by atoms with Gasteiger partial charge in [-0.05, 0) is 31.5 Å². The summed E-state index contributed by atoms with van der Waals surface area (Å²) in [6.45, 7) is 2.09. The van der Waals surface area contributed by atoms with Gasteiger partial charge in [0.05, 0.1) is 5.02 Å². The van der Waals surface area contributed by atoms with Gasteiger partial charge < -0.3 is 5.32 Å². The van der Waals surface area contributed by atoms with Gasteiger partial charge in [-0.3, -0.25) is 0 Å². The van der Waals surface area contributed by atoms with Gasteiger partial charge in [0, 0.05) is 6.04 Å². The second-order valence-corrected chi connectivity index (χ2v) is 3.69. The van der Waals surface area contributed by atoms with Crippen molar-refractivity contribution in [2.24, 2.45) is 0 Å². The van der Waals surface area contributed by atoms with Crippen LogP contribution in [0, 0.1) is 5.82 Å². The molecule has 0 aromatic heterocycles. The summed E-state index contributed by atoms with van der Waals surface area (Å²) in [6, 6.07) is 5.30. The predicted molar refractivity (Wildman–Crippen MR) is 58.3 cm³/mol. The maximum atomic E-state index is 13.1. The molecule has 0 saturated carbocycles. The van der Waals surface area contributed by atoms with Crippen LogP contribution in [0.1, 0.15) is 18.9 Å². The summed E-state index contributed by atoms with van der Waals surface area (Å²) in [5.41, 5.74) is 0.868. The van der Waals surface area contributed by atoms with Crippen molar-refractivity contribution in [1.29, 1.82) is 0 Å². The summed E-state index contributed by atoms with van der Waals surface area (Å²) in [5, 5.41) is 3.42. The third-order valence-electron chi connectivity index (χ3n) is 2.40. The van der Waals surface area contributed by atoms with Gasteiger partial charge in [0.2, 0.25) is 0 Å². The van der Waals surface area contributed by atoms with E-state index in [-0.39, 0.29) is 10.8 Å². The lowest BCUT2D eigenvalue weighted by Crippen LogP contribution is -2.26. The standard InChI is InChI=1S/C11H15ClFN/c1-3-9(14-2)7-8-5-4-6-10(13)11(8)12/h4-6,9,14H,3,7H2,1-2H3. The molecular formula is C11H15ClFN. The minimum atomic E-state index is -0.338. The Hall–Kier alpha value is -0.600. The molecule has 0 aliphatic heterocycles. The highest BCUT2D eigenvalue weighted by Crippen LogP contribution is 2.21. The maximum absolute atomic E-state index is 13.1. The summed E-state index contributed by atoms with van der Waals surface area (Å²) in [4.78, 5) is 0.